The van der Waals surface area contributed by atoms with E-state index in [4.69, 9.17) is 10.8 Å². The number of hydrogen-bond acceptors (Lipinski definition) is 4. The van der Waals surface area contributed by atoms with Crippen molar-refractivity contribution in [3.05, 3.63) is 30.1 Å². The first-order chi connectivity index (χ1) is 7.76. The third-order valence-electron chi connectivity index (χ3n) is 2.60. The molecule has 0 saturated carbocycles. The number of pyridine rings is 1. The maximum absolute atomic E-state index is 8.81. The smallest absolute Gasteiger partial charge is 0.0446 e. The molecule has 4 nitrogen and oxygen atoms in total. The Labute approximate surface area is 97.1 Å². The summed E-state index contributed by atoms with van der Waals surface area (Å²) in [6, 6.07) is 4.08. The largest absolute Gasteiger partial charge is 0.396 e. The Morgan fingerprint density at radius 2 is 2.12 bits per heavy atom. The summed E-state index contributed by atoms with van der Waals surface area (Å²) >= 11 is 0. The van der Waals surface area contributed by atoms with Crippen LogP contribution in [0.25, 0.3) is 0 Å². The van der Waals surface area contributed by atoms with Crippen LogP contribution in [0.4, 0.5) is 0 Å². The zero-order valence-corrected chi connectivity index (χ0v) is 9.84. The maximum atomic E-state index is 8.81. The van der Waals surface area contributed by atoms with Crippen molar-refractivity contribution < 1.29 is 5.11 Å². The highest BCUT2D eigenvalue weighted by molar-refractivity contribution is 5.09. The normalized spacial score (nSPS) is 13.0. The van der Waals surface area contributed by atoms with Crippen LogP contribution in [0, 0.1) is 0 Å². The van der Waals surface area contributed by atoms with E-state index in [0.29, 0.717) is 6.42 Å². The SMILES string of the molecule is CCN(Cc1ccncc1)CC(N)CCO. The molecule has 1 unspecified atom stereocenters. The molecule has 0 fully saturated rings. The van der Waals surface area contributed by atoms with Crippen LogP contribution in [-0.4, -0.2) is 40.7 Å². The van der Waals surface area contributed by atoms with Crippen LogP contribution in [0.3, 0.4) is 0 Å². The van der Waals surface area contributed by atoms with Gasteiger partial charge in [0, 0.05) is 38.1 Å². The molecule has 0 aliphatic rings. The van der Waals surface area contributed by atoms with E-state index in [0.717, 1.165) is 19.6 Å². The summed E-state index contributed by atoms with van der Waals surface area (Å²) in [5.74, 6) is 0. The molecule has 0 bridgehead atoms. The Kier molecular flexibility index (Phi) is 6.00. The molecule has 1 atom stereocenters. The molecule has 0 aliphatic carbocycles. The molecule has 1 rings (SSSR count). The minimum atomic E-state index is 0.0480. The summed E-state index contributed by atoms with van der Waals surface area (Å²) in [5.41, 5.74) is 7.14. The predicted molar refractivity (Wildman–Crippen MR) is 64.9 cm³/mol. The van der Waals surface area contributed by atoms with Gasteiger partial charge in [-0.25, -0.2) is 0 Å². The molecule has 0 aliphatic heterocycles. The van der Waals surface area contributed by atoms with E-state index in [1.54, 1.807) is 12.4 Å². The van der Waals surface area contributed by atoms with Gasteiger partial charge >= 0.3 is 0 Å². The zero-order valence-electron chi connectivity index (χ0n) is 9.84. The summed E-state index contributed by atoms with van der Waals surface area (Å²) in [7, 11) is 0. The van der Waals surface area contributed by atoms with Gasteiger partial charge in [-0.1, -0.05) is 6.92 Å². The molecule has 0 saturated heterocycles. The van der Waals surface area contributed by atoms with Crippen LogP contribution in [0.2, 0.25) is 0 Å². The van der Waals surface area contributed by atoms with Crippen LogP contribution >= 0.6 is 0 Å². The molecule has 3 N–H and O–H groups in total. The van der Waals surface area contributed by atoms with Gasteiger partial charge in [-0.3, -0.25) is 9.88 Å². The third-order valence-corrected chi connectivity index (χ3v) is 2.60. The summed E-state index contributed by atoms with van der Waals surface area (Å²) in [6.07, 6.45) is 4.26. The topological polar surface area (TPSA) is 62.4 Å². The lowest BCUT2D eigenvalue weighted by Crippen LogP contribution is -2.37. The van der Waals surface area contributed by atoms with Gasteiger partial charge < -0.3 is 10.8 Å². The fourth-order valence-electron chi connectivity index (χ4n) is 1.64. The van der Waals surface area contributed by atoms with Crippen LogP contribution in [0.5, 0.6) is 0 Å². The van der Waals surface area contributed by atoms with E-state index in [-0.39, 0.29) is 12.6 Å². The summed E-state index contributed by atoms with van der Waals surface area (Å²) in [5, 5.41) is 8.81. The van der Waals surface area contributed by atoms with Crippen LogP contribution in [0.15, 0.2) is 24.5 Å². The molecule has 0 radical (unpaired) electrons. The van der Waals surface area contributed by atoms with Crippen molar-refractivity contribution in [1.29, 1.82) is 0 Å². The van der Waals surface area contributed by atoms with E-state index in [1.807, 2.05) is 12.1 Å². The number of nitrogens with two attached hydrogens (primary N) is 1. The molecule has 16 heavy (non-hydrogen) atoms. The molecule has 4 heteroatoms. The highest BCUT2D eigenvalue weighted by Crippen LogP contribution is 2.04. The second kappa shape index (κ2) is 7.33. The fraction of sp³-hybridized carbons (Fsp3) is 0.583. The average Bonchev–Trinajstić information content (AvgIpc) is 2.30. The fourth-order valence-corrected chi connectivity index (χ4v) is 1.64. The lowest BCUT2D eigenvalue weighted by Gasteiger charge is -2.23. The Bertz CT molecular complexity index is 279. The molecule has 1 heterocycles. The highest BCUT2D eigenvalue weighted by atomic mass is 16.3. The lowest BCUT2D eigenvalue weighted by atomic mass is 10.2. The molecule has 0 spiro atoms. The minimum Gasteiger partial charge on any atom is -0.396 e. The van der Waals surface area contributed by atoms with Crippen molar-refractivity contribution >= 4 is 0 Å². The van der Waals surface area contributed by atoms with Gasteiger partial charge in [0.25, 0.3) is 0 Å². The van der Waals surface area contributed by atoms with E-state index in [9.17, 15) is 0 Å². The number of nitrogens with zero attached hydrogens (tertiary/aromatic N) is 2. The van der Waals surface area contributed by atoms with Gasteiger partial charge in [-0.2, -0.15) is 0 Å². The summed E-state index contributed by atoms with van der Waals surface area (Å²) in [4.78, 5) is 6.27. The number of hydrogen-bond donors (Lipinski definition) is 2. The van der Waals surface area contributed by atoms with E-state index in [2.05, 4.69) is 16.8 Å². The van der Waals surface area contributed by atoms with Gasteiger partial charge in [-0.15, -0.1) is 0 Å². The van der Waals surface area contributed by atoms with Crippen molar-refractivity contribution in [2.45, 2.75) is 25.9 Å². The number of aromatic nitrogens is 1. The first kappa shape index (κ1) is 13.1. The number of likely N-dealkylation sites (N-methyl/N-ethyl adjacent to an activating group) is 1. The van der Waals surface area contributed by atoms with Gasteiger partial charge in [0.05, 0.1) is 0 Å². The first-order valence-corrected chi connectivity index (χ1v) is 5.74. The average molecular weight is 223 g/mol. The van der Waals surface area contributed by atoms with Gasteiger partial charge in [0.15, 0.2) is 0 Å². The number of aliphatic hydroxyl groups excluding tert-OH is 1. The van der Waals surface area contributed by atoms with E-state index >= 15 is 0 Å². The lowest BCUT2D eigenvalue weighted by molar-refractivity contribution is 0.226. The Morgan fingerprint density at radius 1 is 1.44 bits per heavy atom. The summed E-state index contributed by atoms with van der Waals surface area (Å²) < 4.78 is 0. The molecule has 1 aromatic heterocycles. The van der Waals surface area contributed by atoms with Crippen molar-refractivity contribution in [2.75, 3.05) is 19.7 Å². The van der Waals surface area contributed by atoms with Gasteiger partial charge in [0.1, 0.15) is 0 Å². The van der Waals surface area contributed by atoms with E-state index < -0.39 is 0 Å². The Morgan fingerprint density at radius 3 is 2.69 bits per heavy atom. The molecule has 1 aromatic rings. The number of aliphatic hydroxyl groups is 1. The van der Waals surface area contributed by atoms with Gasteiger partial charge in [-0.05, 0) is 30.7 Å². The Hall–Kier alpha value is -0.970. The predicted octanol–water partition coefficient (Wildman–Crippen LogP) is 0.613. The molecule has 0 aromatic carbocycles. The molecule has 90 valence electrons. The van der Waals surface area contributed by atoms with Gasteiger partial charge in [0.2, 0.25) is 0 Å². The second-order valence-corrected chi connectivity index (χ2v) is 3.96. The zero-order chi connectivity index (χ0) is 11.8. The Balaban J connectivity index is 2.43. The van der Waals surface area contributed by atoms with Crippen LogP contribution in [-0.2, 0) is 6.54 Å². The van der Waals surface area contributed by atoms with Crippen molar-refractivity contribution in [1.82, 2.24) is 9.88 Å². The minimum absolute atomic E-state index is 0.0480. The van der Waals surface area contributed by atoms with Crippen LogP contribution < -0.4 is 5.73 Å². The first-order valence-electron chi connectivity index (χ1n) is 5.74. The third kappa shape index (κ3) is 4.70. The second-order valence-electron chi connectivity index (χ2n) is 3.96. The van der Waals surface area contributed by atoms with Crippen molar-refractivity contribution in [2.24, 2.45) is 5.73 Å². The van der Waals surface area contributed by atoms with Crippen molar-refractivity contribution in [3.63, 3.8) is 0 Å². The summed E-state index contributed by atoms with van der Waals surface area (Å²) in [6.45, 7) is 4.94. The van der Waals surface area contributed by atoms with E-state index in [1.165, 1.54) is 5.56 Å². The molecular formula is C12H21N3O. The monoisotopic (exact) mass is 223 g/mol. The molecule has 0 amide bonds. The number of rotatable bonds is 7. The molecular weight excluding hydrogens is 202 g/mol. The quantitative estimate of drug-likeness (QED) is 0.711. The van der Waals surface area contributed by atoms with Crippen molar-refractivity contribution in [3.8, 4) is 0 Å². The highest BCUT2D eigenvalue weighted by Gasteiger charge is 2.08. The van der Waals surface area contributed by atoms with Crippen LogP contribution in [0.1, 0.15) is 18.9 Å². The standard InChI is InChI=1S/C12H21N3O/c1-2-15(10-12(13)5-8-16)9-11-3-6-14-7-4-11/h3-4,6-7,12,16H,2,5,8-10,13H2,1H3. The maximum Gasteiger partial charge on any atom is 0.0446 e.